The van der Waals surface area contributed by atoms with E-state index in [1.54, 1.807) is 20.1 Å². The highest BCUT2D eigenvalue weighted by Crippen LogP contribution is 2.30. The average molecular weight is 266 g/mol. The summed E-state index contributed by atoms with van der Waals surface area (Å²) in [5.41, 5.74) is 0.770. The van der Waals surface area contributed by atoms with Gasteiger partial charge in [-0.3, -0.25) is 0 Å². The molecule has 1 fully saturated rings. The van der Waals surface area contributed by atoms with Crippen molar-refractivity contribution in [3.05, 3.63) is 23.8 Å². The maximum absolute atomic E-state index is 9.75. The molecular formula is C15H22O4. The van der Waals surface area contributed by atoms with Crippen molar-refractivity contribution in [1.29, 1.82) is 0 Å². The quantitative estimate of drug-likeness (QED) is 0.890. The van der Waals surface area contributed by atoms with E-state index in [1.165, 1.54) is 0 Å². The average Bonchev–Trinajstić information content (AvgIpc) is 2.81. The molecule has 0 bridgehead atoms. The summed E-state index contributed by atoms with van der Waals surface area (Å²) in [4.78, 5) is 0. The van der Waals surface area contributed by atoms with Crippen molar-refractivity contribution in [2.75, 3.05) is 13.7 Å². The van der Waals surface area contributed by atoms with Crippen molar-refractivity contribution in [2.24, 2.45) is 0 Å². The Labute approximate surface area is 114 Å². The number of benzene rings is 1. The fraction of sp³-hybridized carbons (Fsp3) is 0.600. The summed E-state index contributed by atoms with van der Waals surface area (Å²) in [5.74, 6) is 1.39. The van der Waals surface area contributed by atoms with Gasteiger partial charge in [0.15, 0.2) is 0 Å². The molecule has 1 saturated heterocycles. The molecule has 1 aromatic carbocycles. The molecule has 0 aromatic heterocycles. The van der Waals surface area contributed by atoms with Crippen LogP contribution >= 0.6 is 0 Å². The number of hydrogen-bond acceptors (Lipinski definition) is 4. The molecule has 4 heteroatoms. The molecule has 0 amide bonds. The molecule has 1 N–H and O–H groups in total. The lowest BCUT2D eigenvalue weighted by molar-refractivity contribution is 0.0256. The summed E-state index contributed by atoms with van der Waals surface area (Å²) in [6.45, 7) is 4.31. The van der Waals surface area contributed by atoms with Crippen molar-refractivity contribution in [3.63, 3.8) is 0 Å². The second kappa shape index (κ2) is 6.26. The molecule has 106 valence electrons. The molecule has 0 spiro atoms. The smallest absolute Gasteiger partial charge is 0.128 e. The van der Waals surface area contributed by atoms with E-state index < -0.39 is 6.10 Å². The Balaban J connectivity index is 2.04. The Morgan fingerprint density at radius 2 is 2.21 bits per heavy atom. The predicted octanol–water partition coefficient (Wildman–Crippen LogP) is 2.69. The van der Waals surface area contributed by atoms with Crippen LogP contribution in [0, 0.1) is 0 Å². The zero-order valence-corrected chi connectivity index (χ0v) is 11.8. The van der Waals surface area contributed by atoms with Crippen LogP contribution in [0.3, 0.4) is 0 Å². The lowest BCUT2D eigenvalue weighted by Crippen LogP contribution is -2.18. The second-order valence-corrected chi connectivity index (χ2v) is 5.04. The van der Waals surface area contributed by atoms with Gasteiger partial charge in [-0.1, -0.05) is 0 Å². The van der Waals surface area contributed by atoms with Crippen LogP contribution in [0.15, 0.2) is 18.2 Å². The third kappa shape index (κ3) is 3.61. The summed E-state index contributed by atoms with van der Waals surface area (Å²) >= 11 is 0. The molecule has 1 heterocycles. The topological polar surface area (TPSA) is 47.9 Å². The van der Waals surface area contributed by atoms with E-state index >= 15 is 0 Å². The zero-order valence-electron chi connectivity index (χ0n) is 11.8. The van der Waals surface area contributed by atoms with Gasteiger partial charge in [-0.25, -0.2) is 0 Å². The maximum atomic E-state index is 9.75. The van der Waals surface area contributed by atoms with E-state index in [9.17, 15) is 5.11 Å². The van der Waals surface area contributed by atoms with Crippen LogP contribution in [0.4, 0.5) is 0 Å². The Bertz CT molecular complexity index is 417. The number of ether oxygens (including phenoxy) is 3. The highest BCUT2D eigenvalue weighted by Gasteiger charge is 2.23. The van der Waals surface area contributed by atoms with Gasteiger partial charge < -0.3 is 19.3 Å². The first kappa shape index (κ1) is 14.2. The van der Waals surface area contributed by atoms with Gasteiger partial charge in [0.05, 0.1) is 25.4 Å². The van der Waals surface area contributed by atoms with Crippen LogP contribution < -0.4 is 9.47 Å². The summed E-state index contributed by atoms with van der Waals surface area (Å²) in [6, 6.07) is 5.46. The van der Waals surface area contributed by atoms with Crippen LogP contribution in [0.25, 0.3) is 0 Å². The van der Waals surface area contributed by atoms with Crippen molar-refractivity contribution < 1.29 is 19.3 Å². The van der Waals surface area contributed by atoms with Gasteiger partial charge in [0.1, 0.15) is 18.1 Å². The fourth-order valence-corrected chi connectivity index (χ4v) is 2.30. The van der Waals surface area contributed by atoms with Gasteiger partial charge in [-0.05, 0) is 38.8 Å². The lowest BCUT2D eigenvalue weighted by Gasteiger charge is -2.17. The summed E-state index contributed by atoms with van der Waals surface area (Å²) in [5, 5.41) is 9.75. The first-order valence-corrected chi connectivity index (χ1v) is 6.74. The van der Waals surface area contributed by atoms with E-state index in [0.717, 1.165) is 24.2 Å². The number of aliphatic hydroxyl groups excluding tert-OH is 1. The standard InChI is InChI=1S/C15H22O4/c1-10-4-5-13(19-10)9-18-15-8-12(17-3)6-7-14(15)11(2)16/h6-8,10-11,13,16H,4-5,9H2,1-3H3/t10?,11-,13?/m0/s1. The van der Waals surface area contributed by atoms with Crippen molar-refractivity contribution in [3.8, 4) is 11.5 Å². The fourth-order valence-electron chi connectivity index (χ4n) is 2.30. The minimum absolute atomic E-state index is 0.142. The van der Waals surface area contributed by atoms with Crippen LogP contribution in [0.1, 0.15) is 38.4 Å². The monoisotopic (exact) mass is 266 g/mol. The Morgan fingerprint density at radius 1 is 1.42 bits per heavy atom. The van der Waals surface area contributed by atoms with Crippen LogP contribution in [-0.2, 0) is 4.74 Å². The van der Waals surface area contributed by atoms with Gasteiger partial charge in [0.2, 0.25) is 0 Å². The SMILES string of the molecule is COc1ccc([C@H](C)O)c(OCC2CCC(C)O2)c1. The third-order valence-corrected chi connectivity index (χ3v) is 3.42. The molecule has 1 aromatic rings. The molecule has 19 heavy (non-hydrogen) atoms. The molecule has 1 aliphatic heterocycles. The maximum Gasteiger partial charge on any atom is 0.128 e. The van der Waals surface area contributed by atoms with Crippen molar-refractivity contribution in [1.82, 2.24) is 0 Å². The van der Waals surface area contributed by atoms with E-state index in [0.29, 0.717) is 18.5 Å². The molecule has 3 atom stereocenters. The second-order valence-electron chi connectivity index (χ2n) is 5.04. The van der Waals surface area contributed by atoms with E-state index in [-0.39, 0.29) is 6.10 Å². The highest BCUT2D eigenvalue weighted by molar-refractivity contribution is 5.41. The van der Waals surface area contributed by atoms with Crippen LogP contribution in [-0.4, -0.2) is 31.0 Å². The normalized spacial score (nSPS) is 24.2. The Morgan fingerprint density at radius 3 is 2.79 bits per heavy atom. The zero-order chi connectivity index (χ0) is 13.8. The summed E-state index contributed by atoms with van der Waals surface area (Å²) in [6.07, 6.45) is 1.99. The van der Waals surface area contributed by atoms with E-state index in [4.69, 9.17) is 14.2 Å². The van der Waals surface area contributed by atoms with Crippen molar-refractivity contribution >= 4 is 0 Å². The van der Waals surface area contributed by atoms with Gasteiger partial charge in [-0.15, -0.1) is 0 Å². The number of hydrogen-bond donors (Lipinski definition) is 1. The molecule has 2 unspecified atom stereocenters. The first-order valence-electron chi connectivity index (χ1n) is 6.74. The number of methoxy groups -OCH3 is 1. The largest absolute Gasteiger partial charge is 0.497 e. The number of aliphatic hydroxyl groups is 1. The van der Waals surface area contributed by atoms with Crippen LogP contribution in [0.5, 0.6) is 11.5 Å². The molecule has 0 radical (unpaired) electrons. The predicted molar refractivity (Wildman–Crippen MR) is 72.7 cm³/mol. The molecule has 2 rings (SSSR count). The minimum Gasteiger partial charge on any atom is -0.497 e. The van der Waals surface area contributed by atoms with Gasteiger partial charge >= 0.3 is 0 Å². The summed E-state index contributed by atoms with van der Waals surface area (Å²) in [7, 11) is 1.61. The number of rotatable bonds is 5. The minimum atomic E-state index is -0.565. The molecule has 1 aliphatic rings. The first-order chi connectivity index (χ1) is 9.10. The highest BCUT2D eigenvalue weighted by atomic mass is 16.5. The third-order valence-electron chi connectivity index (χ3n) is 3.42. The molecule has 4 nitrogen and oxygen atoms in total. The molecule has 0 saturated carbocycles. The van der Waals surface area contributed by atoms with Gasteiger partial charge in [-0.2, -0.15) is 0 Å². The van der Waals surface area contributed by atoms with E-state index in [1.807, 2.05) is 12.1 Å². The molecular weight excluding hydrogens is 244 g/mol. The Hall–Kier alpha value is -1.26. The van der Waals surface area contributed by atoms with Crippen LogP contribution in [0.2, 0.25) is 0 Å². The Kier molecular flexibility index (Phi) is 4.66. The van der Waals surface area contributed by atoms with Gasteiger partial charge in [0, 0.05) is 11.6 Å². The van der Waals surface area contributed by atoms with Gasteiger partial charge in [0.25, 0.3) is 0 Å². The van der Waals surface area contributed by atoms with Crippen molar-refractivity contribution in [2.45, 2.75) is 45.0 Å². The molecule has 0 aliphatic carbocycles. The lowest BCUT2D eigenvalue weighted by atomic mass is 10.1. The van der Waals surface area contributed by atoms with E-state index in [2.05, 4.69) is 6.92 Å². The summed E-state index contributed by atoms with van der Waals surface area (Å²) < 4.78 is 16.7.